The Morgan fingerprint density at radius 2 is 2.06 bits per heavy atom. The van der Waals surface area contributed by atoms with E-state index in [0.717, 1.165) is 4.68 Å². The van der Waals surface area contributed by atoms with Crippen LogP contribution in [0.25, 0.3) is 0 Å². The third-order valence-electron chi connectivity index (χ3n) is 2.30. The summed E-state index contributed by atoms with van der Waals surface area (Å²) in [6, 6.07) is 1.66. The Morgan fingerprint density at radius 1 is 1.39 bits per heavy atom. The first-order chi connectivity index (χ1) is 8.36. The molecule has 0 amide bonds. The summed E-state index contributed by atoms with van der Waals surface area (Å²) in [6.45, 7) is 0.788. The number of nitrogens with zero attached hydrogens (tertiary/aromatic N) is 5. The molecule has 1 aromatic rings. The summed E-state index contributed by atoms with van der Waals surface area (Å²) in [7, 11) is 3.68. The maximum Gasteiger partial charge on any atom is 0.434 e. The fourth-order valence-electron chi connectivity index (χ4n) is 1.55. The van der Waals surface area contributed by atoms with E-state index >= 15 is 0 Å². The monoisotopic (exact) mass is 261 g/mol. The van der Waals surface area contributed by atoms with Gasteiger partial charge in [0, 0.05) is 6.54 Å². The highest BCUT2D eigenvalue weighted by Crippen LogP contribution is 2.31. The van der Waals surface area contributed by atoms with Crippen LogP contribution in [0, 0.1) is 11.3 Å². The van der Waals surface area contributed by atoms with Crippen LogP contribution in [0.2, 0.25) is 0 Å². The van der Waals surface area contributed by atoms with Crippen LogP contribution < -0.4 is 0 Å². The summed E-state index contributed by atoms with van der Waals surface area (Å²) in [4.78, 5) is 1.88. The smallest absolute Gasteiger partial charge is 0.309 e. The molecular formula is C10H14F3N5. The molecule has 0 aliphatic carbocycles. The molecule has 1 heterocycles. The molecule has 8 heteroatoms. The van der Waals surface area contributed by atoms with Gasteiger partial charge in [-0.2, -0.15) is 18.4 Å². The zero-order valence-electron chi connectivity index (χ0n) is 10.2. The van der Waals surface area contributed by atoms with Crippen molar-refractivity contribution in [3.05, 3.63) is 11.4 Å². The molecule has 1 aromatic heterocycles. The molecule has 0 bridgehead atoms. The fraction of sp³-hybridized carbons (Fsp3) is 0.700. The molecule has 0 N–H and O–H groups in total. The highest BCUT2D eigenvalue weighted by atomic mass is 19.4. The number of nitriles is 1. The van der Waals surface area contributed by atoms with Crippen LogP contribution in [0.5, 0.6) is 0 Å². The Hall–Kier alpha value is -1.62. The number of rotatable bonds is 5. The summed E-state index contributed by atoms with van der Waals surface area (Å²) in [5.74, 6) is 0. The molecule has 100 valence electrons. The van der Waals surface area contributed by atoms with Gasteiger partial charge in [0.25, 0.3) is 0 Å². The van der Waals surface area contributed by atoms with Gasteiger partial charge in [0.1, 0.15) is 5.69 Å². The van der Waals surface area contributed by atoms with Crippen LogP contribution in [0.3, 0.4) is 0 Å². The van der Waals surface area contributed by atoms with Gasteiger partial charge in [0.05, 0.1) is 12.5 Å². The zero-order chi connectivity index (χ0) is 13.8. The van der Waals surface area contributed by atoms with Crippen molar-refractivity contribution in [2.45, 2.75) is 25.6 Å². The van der Waals surface area contributed by atoms with Crippen molar-refractivity contribution in [1.29, 1.82) is 5.26 Å². The summed E-state index contributed by atoms with van der Waals surface area (Å²) >= 11 is 0. The van der Waals surface area contributed by atoms with Crippen molar-refractivity contribution >= 4 is 0 Å². The van der Waals surface area contributed by atoms with Crippen molar-refractivity contribution in [1.82, 2.24) is 19.9 Å². The largest absolute Gasteiger partial charge is 0.434 e. The average Bonchev–Trinajstić information content (AvgIpc) is 2.60. The minimum Gasteiger partial charge on any atom is -0.309 e. The van der Waals surface area contributed by atoms with E-state index in [-0.39, 0.29) is 18.7 Å². The number of aryl methyl sites for hydroxylation is 1. The van der Waals surface area contributed by atoms with Crippen molar-refractivity contribution in [2.75, 3.05) is 20.6 Å². The fourth-order valence-corrected chi connectivity index (χ4v) is 1.55. The highest BCUT2D eigenvalue weighted by Gasteiger charge is 2.38. The maximum absolute atomic E-state index is 12.8. The van der Waals surface area contributed by atoms with Crippen molar-refractivity contribution in [3.8, 4) is 6.07 Å². The van der Waals surface area contributed by atoms with Gasteiger partial charge in [-0.3, -0.25) is 0 Å². The van der Waals surface area contributed by atoms with Crippen LogP contribution in [-0.2, 0) is 19.1 Å². The van der Waals surface area contributed by atoms with Gasteiger partial charge >= 0.3 is 6.18 Å². The van der Waals surface area contributed by atoms with Crippen LogP contribution in [0.1, 0.15) is 17.8 Å². The molecule has 0 atom stereocenters. The molecular weight excluding hydrogens is 247 g/mol. The lowest BCUT2D eigenvalue weighted by Gasteiger charge is -2.12. The van der Waals surface area contributed by atoms with Gasteiger partial charge in [-0.25, -0.2) is 4.68 Å². The summed E-state index contributed by atoms with van der Waals surface area (Å²) in [5, 5.41) is 15.4. The molecule has 0 unspecified atom stereocenters. The van der Waals surface area contributed by atoms with E-state index < -0.39 is 11.9 Å². The first-order valence-corrected chi connectivity index (χ1v) is 5.37. The Bertz CT molecular complexity index is 430. The van der Waals surface area contributed by atoms with E-state index in [1.807, 2.05) is 19.0 Å². The van der Waals surface area contributed by atoms with Gasteiger partial charge in [-0.05, 0) is 27.1 Å². The Morgan fingerprint density at radius 3 is 2.56 bits per heavy atom. The number of hydrogen-bond acceptors (Lipinski definition) is 4. The van der Waals surface area contributed by atoms with Crippen LogP contribution >= 0.6 is 0 Å². The van der Waals surface area contributed by atoms with Crippen LogP contribution in [0.15, 0.2) is 0 Å². The van der Waals surface area contributed by atoms with E-state index in [0.29, 0.717) is 13.0 Å². The first-order valence-electron chi connectivity index (χ1n) is 5.37. The second-order valence-electron chi connectivity index (χ2n) is 4.10. The third-order valence-corrected chi connectivity index (χ3v) is 2.30. The molecule has 1 rings (SSSR count). The van der Waals surface area contributed by atoms with Crippen molar-refractivity contribution in [2.24, 2.45) is 0 Å². The maximum atomic E-state index is 12.8. The molecule has 0 radical (unpaired) electrons. The first kappa shape index (κ1) is 14.4. The number of hydrogen-bond donors (Lipinski definition) is 0. The lowest BCUT2D eigenvalue weighted by molar-refractivity contribution is -0.144. The SMILES string of the molecule is CN(C)CCCn1nnc(CC#N)c1C(F)(F)F. The summed E-state index contributed by atoms with van der Waals surface area (Å²) in [6.07, 6.45) is -4.39. The van der Waals surface area contributed by atoms with Crippen LogP contribution in [0.4, 0.5) is 13.2 Å². The van der Waals surface area contributed by atoms with Gasteiger partial charge in [0.2, 0.25) is 0 Å². The number of halogens is 3. The molecule has 0 aliphatic heterocycles. The second-order valence-corrected chi connectivity index (χ2v) is 4.10. The van der Waals surface area contributed by atoms with Gasteiger partial charge in [-0.1, -0.05) is 5.21 Å². The van der Waals surface area contributed by atoms with E-state index in [1.165, 1.54) is 0 Å². The molecule has 0 fully saturated rings. The van der Waals surface area contributed by atoms with Crippen molar-refractivity contribution in [3.63, 3.8) is 0 Å². The topological polar surface area (TPSA) is 57.7 Å². The highest BCUT2D eigenvalue weighted by molar-refractivity contribution is 5.17. The Kier molecular flexibility index (Phi) is 4.67. The van der Waals surface area contributed by atoms with Crippen molar-refractivity contribution < 1.29 is 13.2 Å². The van der Waals surface area contributed by atoms with E-state index in [9.17, 15) is 13.2 Å². The number of alkyl halides is 3. The Balaban J connectivity index is 2.88. The normalized spacial score (nSPS) is 11.8. The molecule has 0 aliphatic rings. The molecule has 0 saturated heterocycles. The summed E-state index contributed by atoms with van der Waals surface area (Å²) < 4.78 is 39.3. The minimum absolute atomic E-state index is 0.130. The predicted octanol–water partition coefficient (Wildman–Crippen LogP) is 1.31. The molecule has 0 aromatic carbocycles. The Labute approximate surface area is 103 Å². The predicted molar refractivity (Wildman–Crippen MR) is 57.5 cm³/mol. The average molecular weight is 261 g/mol. The molecule has 0 saturated carbocycles. The quantitative estimate of drug-likeness (QED) is 0.802. The summed E-state index contributed by atoms with van der Waals surface area (Å²) in [5.41, 5.74) is -1.22. The molecule has 5 nitrogen and oxygen atoms in total. The third kappa shape index (κ3) is 3.70. The van der Waals surface area contributed by atoms with E-state index in [2.05, 4.69) is 10.3 Å². The number of aromatic nitrogens is 3. The molecule has 18 heavy (non-hydrogen) atoms. The lowest BCUT2D eigenvalue weighted by atomic mass is 10.2. The van der Waals surface area contributed by atoms with Gasteiger partial charge in [0.15, 0.2) is 5.69 Å². The van der Waals surface area contributed by atoms with E-state index in [1.54, 1.807) is 6.07 Å². The lowest BCUT2D eigenvalue weighted by Crippen LogP contribution is -2.20. The van der Waals surface area contributed by atoms with Gasteiger partial charge < -0.3 is 4.90 Å². The molecule has 0 spiro atoms. The van der Waals surface area contributed by atoms with Gasteiger partial charge in [-0.15, -0.1) is 5.10 Å². The van der Waals surface area contributed by atoms with E-state index in [4.69, 9.17) is 5.26 Å². The van der Waals surface area contributed by atoms with Crippen LogP contribution in [-0.4, -0.2) is 40.5 Å². The zero-order valence-corrected chi connectivity index (χ0v) is 10.2. The standard InChI is InChI=1S/C10H14F3N5/c1-17(2)6-3-7-18-9(10(11,12)13)8(4-5-14)15-16-18/h3-4,6-7H2,1-2H3. The minimum atomic E-state index is -4.53. The second kappa shape index (κ2) is 5.82.